The summed E-state index contributed by atoms with van der Waals surface area (Å²) in [5, 5.41) is 0. The first-order valence-corrected chi connectivity index (χ1v) is 4.47. The van der Waals surface area contributed by atoms with Gasteiger partial charge in [0.15, 0.2) is 0 Å². The average Bonchev–Trinajstić information content (AvgIpc) is 2.67. The van der Waals surface area contributed by atoms with E-state index in [4.69, 9.17) is 5.73 Å². The molecule has 0 aromatic carbocycles. The predicted octanol–water partition coefficient (Wildman–Crippen LogP) is 1.29. The van der Waals surface area contributed by atoms with E-state index in [9.17, 15) is 0 Å². The molecular weight excluding hydrogens is 176 g/mol. The van der Waals surface area contributed by atoms with Crippen molar-refractivity contribution in [2.24, 2.45) is 5.73 Å². The maximum Gasteiger partial charge on any atom is 0.0994 e. The van der Waals surface area contributed by atoms with Crippen molar-refractivity contribution >= 4 is 0 Å². The Bertz CT molecular complexity index is 405. The van der Waals surface area contributed by atoms with Gasteiger partial charge in [0.05, 0.1) is 18.2 Å². The molecule has 0 aliphatic rings. The van der Waals surface area contributed by atoms with Crippen LogP contribution in [0.2, 0.25) is 0 Å². The van der Waals surface area contributed by atoms with Crippen LogP contribution in [0.3, 0.4) is 0 Å². The number of pyridine rings is 1. The quantitative estimate of drug-likeness (QED) is 0.772. The summed E-state index contributed by atoms with van der Waals surface area (Å²) in [5.74, 6) is 0. The molecule has 0 amide bonds. The number of nitrogens with zero attached hydrogens (tertiary/aromatic N) is 3. The number of hydrogen-bond acceptors (Lipinski definition) is 3. The molecule has 4 nitrogen and oxygen atoms in total. The summed E-state index contributed by atoms with van der Waals surface area (Å²) < 4.78 is 1.96. The van der Waals surface area contributed by atoms with Crippen LogP contribution in [0, 0.1) is 0 Å². The first kappa shape index (κ1) is 8.90. The van der Waals surface area contributed by atoms with Crippen molar-refractivity contribution < 1.29 is 0 Å². The predicted molar refractivity (Wildman–Crippen MR) is 54.0 cm³/mol. The van der Waals surface area contributed by atoms with E-state index >= 15 is 0 Å². The Labute approximate surface area is 82.4 Å². The maximum absolute atomic E-state index is 5.82. The highest BCUT2D eigenvalue weighted by molar-refractivity contribution is 5.31. The molecule has 2 heterocycles. The van der Waals surface area contributed by atoms with E-state index < -0.39 is 0 Å². The van der Waals surface area contributed by atoms with Crippen LogP contribution >= 0.6 is 0 Å². The first-order valence-electron chi connectivity index (χ1n) is 4.47. The molecule has 2 rings (SSSR count). The van der Waals surface area contributed by atoms with Gasteiger partial charge in [0.1, 0.15) is 0 Å². The molecule has 0 saturated heterocycles. The topological polar surface area (TPSA) is 56.7 Å². The SMILES string of the molecule is CC(N)c1cncn1-c1ccncc1. The van der Waals surface area contributed by atoms with E-state index in [1.807, 2.05) is 23.6 Å². The van der Waals surface area contributed by atoms with Gasteiger partial charge >= 0.3 is 0 Å². The zero-order valence-electron chi connectivity index (χ0n) is 7.96. The minimum Gasteiger partial charge on any atom is -0.323 e. The largest absolute Gasteiger partial charge is 0.323 e. The van der Waals surface area contributed by atoms with E-state index in [1.165, 1.54) is 0 Å². The highest BCUT2D eigenvalue weighted by Gasteiger charge is 2.07. The fourth-order valence-electron chi connectivity index (χ4n) is 1.36. The van der Waals surface area contributed by atoms with E-state index in [0.29, 0.717) is 0 Å². The monoisotopic (exact) mass is 188 g/mol. The molecule has 0 aliphatic carbocycles. The molecule has 2 aromatic rings. The van der Waals surface area contributed by atoms with Crippen LogP contribution in [-0.4, -0.2) is 14.5 Å². The highest BCUT2D eigenvalue weighted by Crippen LogP contribution is 2.14. The minimum atomic E-state index is -0.0225. The molecule has 2 N–H and O–H groups in total. The molecule has 72 valence electrons. The Morgan fingerprint density at radius 3 is 2.64 bits per heavy atom. The fraction of sp³-hybridized carbons (Fsp3) is 0.200. The normalized spacial score (nSPS) is 12.7. The van der Waals surface area contributed by atoms with Gasteiger partial charge in [-0.1, -0.05) is 0 Å². The van der Waals surface area contributed by atoms with Crippen molar-refractivity contribution in [3.63, 3.8) is 0 Å². The second-order valence-electron chi connectivity index (χ2n) is 3.18. The van der Waals surface area contributed by atoms with Gasteiger partial charge in [0.25, 0.3) is 0 Å². The summed E-state index contributed by atoms with van der Waals surface area (Å²) in [6.45, 7) is 1.94. The molecule has 0 saturated carbocycles. The molecule has 0 spiro atoms. The van der Waals surface area contributed by atoms with Crippen molar-refractivity contribution in [2.75, 3.05) is 0 Å². The Balaban J connectivity index is 2.47. The van der Waals surface area contributed by atoms with Gasteiger partial charge in [-0.2, -0.15) is 0 Å². The molecule has 0 aliphatic heterocycles. The number of hydrogen-bond donors (Lipinski definition) is 1. The van der Waals surface area contributed by atoms with Crippen LogP contribution < -0.4 is 5.73 Å². The zero-order valence-corrected chi connectivity index (χ0v) is 7.96. The van der Waals surface area contributed by atoms with E-state index in [2.05, 4.69) is 9.97 Å². The molecular formula is C10H12N4. The molecule has 0 bridgehead atoms. The maximum atomic E-state index is 5.82. The van der Waals surface area contributed by atoms with Crippen molar-refractivity contribution in [2.45, 2.75) is 13.0 Å². The highest BCUT2D eigenvalue weighted by atomic mass is 15.1. The van der Waals surface area contributed by atoms with Crippen LogP contribution in [0.5, 0.6) is 0 Å². The van der Waals surface area contributed by atoms with E-state index in [1.54, 1.807) is 24.9 Å². The molecule has 2 aromatic heterocycles. The Kier molecular flexibility index (Phi) is 2.28. The second-order valence-corrected chi connectivity index (χ2v) is 3.18. The molecule has 4 heteroatoms. The van der Waals surface area contributed by atoms with Crippen LogP contribution in [0.4, 0.5) is 0 Å². The minimum absolute atomic E-state index is 0.0225. The Morgan fingerprint density at radius 1 is 1.29 bits per heavy atom. The molecule has 0 radical (unpaired) electrons. The Hall–Kier alpha value is -1.68. The van der Waals surface area contributed by atoms with Crippen LogP contribution in [0.15, 0.2) is 37.1 Å². The standard InChI is InChI=1S/C10H12N4/c1-8(11)10-6-13-7-14(10)9-2-4-12-5-3-9/h2-8H,11H2,1H3. The molecule has 0 fully saturated rings. The summed E-state index contributed by atoms with van der Waals surface area (Å²) in [6.07, 6.45) is 7.04. The smallest absolute Gasteiger partial charge is 0.0994 e. The van der Waals surface area contributed by atoms with Gasteiger partial charge in [0.2, 0.25) is 0 Å². The zero-order chi connectivity index (χ0) is 9.97. The summed E-state index contributed by atoms with van der Waals surface area (Å²) >= 11 is 0. The fourth-order valence-corrected chi connectivity index (χ4v) is 1.36. The number of rotatable bonds is 2. The Morgan fingerprint density at radius 2 is 2.00 bits per heavy atom. The van der Waals surface area contributed by atoms with E-state index in [-0.39, 0.29) is 6.04 Å². The summed E-state index contributed by atoms with van der Waals surface area (Å²) in [4.78, 5) is 8.05. The molecule has 1 unspecified atom stereocenters. The van der Waals surface area contributed by atoms with Crippen LogP contribution in [0.25, 0.3) is 5.69 Å². The molecule has 1 atom stereocenters. The number of imidazole rings is 1. The lowest BCUT2D eigenvalue weighted by Gasteiger charge is -2.09. The lowest BCUT2D eigenvalue weighted by Crippen LogP contribution is -2.10. The van der Waals surface area contributed by atoms with Crippen LogP contribution in [-0.2, 0) is 0 Å². The van der Waals surface area contributed by atoms with Crippen LogP contribution in [0.1, 0.15) is 18.7 Å². The third-order valence-electron chi connectivity index (χ3n) is 2.07. The van der Waals surface area contributed by atoms with Gasteiger partial charge in [-0.15, -0.1) is 0 Å². The lowest BCUT2D eigenvalue weighted by atomic mass is 10.2. The second kappa shape index (κ2) is 3.59. The number of nitrogens with two attached hydrogens (primary N) is 1. The summed E-state index contributed by atoms with van der Waals surface area (Å²) in [7, 11) is 0. The van der Waals surface area contributed by atoms with Crippen molar-refractivity contribution in [3.8, 4) is 5.69 Å². The van der Waals surface area contributed by atoms with Gasteiger partial charge in [0, 0.05) is 24.1 Å². The third-order valence-corrected chi connectivity index (χ3v) is 2.07. The average molecular weight is 188 g/mol. The lowest BCUT2D eigenvalue weighted by molar-refractivity contribution is 0.752. The summed E-state index contributed by atoms with van der Waals surface area (Å²) in [6, 6.07) is 3.83. The van der Waals surface area contributed by atoms with Crippen molar-refractivity contribution in [1.29, 1.82) is 0 Å². The third kappa shape index (κ3) is 1.52. The van der Waals surface area contributed by atoms with Gasteiger partial charge in [-0.05, 0) is 19.1 Å². The van der Waals surface area contributed by atoms with Crippen molar-refractivity contribution in [1.82, 2.24) is 14.5 Å². The van der Waals surface area contributed by atoms with Gasteiger partial charge in [-0.3, -0.25) is 4.98 Å². The molecule has 14 heavy (non-hydrogen) atoms. The van der Waals surface area contributed by atoms with E-state index in [0.717, 1.165) is 11.4 Å². The van der Waals surface area contributed by atoms with Gasteiger partial charge in [-0.25, -0.2) is 4.98 Å². The number of aromatic nitrogens is 3. The first-order chi connectivity index (χ1) is 6.79. The van der Waals surface area contributed by atoms with Gasteiger partial charge < -0.3 is 10.3 Å². The van der Waals surface area contributed by atoms with Crippen molar-refractivity contribution in [3.05, 3.63) is 42.7 Å². The summed E-state index contributed by atoms with van der Waals surface area (Å²) in [5.41, 5.74) is 7.85.